The molecular formula is C18H30O5. The smallest absolute Gasteiger partial charge is 0.0814 e. The van der Waals surface area contributed by atoms with Crippen molar-refractivity contribution in [2.24, 2.45) is 0 Å². The number of ether oxygens (including phenoxy) is 3. The highest BCUT2D eigenvalue weighted by atomic mass is 16.5. The molecule has 0 aliphatic heterocycles. The minimum absolute atomic E-state index is 0.0287. The van der Waals surface area contributed by atoms with Crippen LogP contribution in [0.4, 0.5) is 0 Å². The number of aliphatic hydroxyl groups excluding tert-OH is 2. The van der Waals surface area contributed by atoms with Crippen molar-refractivity contribution >= 4 is 0 Å². The van der Waals surface area contributed by atoms with Crippen LogP contribution in [-0.4, -0.2) is 62.6 Å². The van der Waals surface area contributed by atoms with Crippen LogP contribution in [-0.2, 0) is 20.6 Å². The molecule has 1 aromatic rings. The second-order valence-electron chi connectivity index (χ2n) is 5.76. The topological polar surface area (TPSA) is 68.2 Å². The van der Waals surface area contributed by atoms with Crippen LogP contribution in [0.15, 0.2) is 12.1 Å². The highest BCUT2D eigenvalue weighted by Crippen LogP contribution is 2.18. The van der Waals surface area contributed by atoms with Gasteiger partial charge in [0.15, 0.2) is 0 Å². The molecule has 1 aromatic carbocycles. The summed E-state index contributed by atoms with van der Waals surface area (Å²) in [4.78, 5) is 0. The maximum atomic E-state index is 10.1. The molecule has 0 spiro atoms. The standard InChI is InChI=1S/C18H30O5/c1-14-10-15(2)18(16(3)11-14)12-17(20)13-23-9-8-22-7-6-21-5-4-19/h10-11,17,19-20H,4-9,12-13H2,1-3H3. The summed E-state index contributed by atoms with van der Waals surface area (Å²) in [6, 6.07) is 4.28. The number of rotatable bonds is 12. The molecule has 5 heteroatoms. The lowest BCUT2D eigenvalue weighted by Crippen LogP contribution is -2.21. The van der Waals surface area contributed by atoms with Crippen molar-refractivity contribution in [1.29, 1.82) is 0 Å². The summed E-state index contributed by atoms with van der Waals surface area (Å²) >= 11 is 0. The normalized spacial score (nSPS) is 12.6. The number of aryl methyl sites for hydroxylation is 3. The van der Waals surface area contributed by atoms with E-state index < -0.39 is 6.10 Å². The van der Waals surface area contributed by atoms with Gasteiger partial charge in [0.05, 0.1) is 52.4 Å². The van der Waals surface area contributed by atoms with Crippen molar-refractivity contribution in [2.45, 2.75) is 33.3 Å². The SMILES string of the molecule is Cc1cc(C)c(CC(O)COCCOCCOCCO)c(C)c1. The molecule has 0 amide bonds. The lowest BCUT2D eigenvalue weighted by Gasteiger charge is -2.16. The fourth-order valence-electron chi connectivity index (χ4n) is 2.55. The Morgan fingerprint density at radius 2 is 1.39 bits per heavy atom. The summed E-state index contributed by atoms with van der Waals surface area (Å²) in [5.74, 6) is 0. The molecule has 0 fully saturated rings. The predicted octanol–water partition coefficient (Wildman–Crippen LogP) is 1.56. The van der Waals surface area contributed by atoms with Crippen LogP contribution in [0.2, 0.25) is 0 Å². The van der Waals surface area contributed by atoms with Gasteiger partial charge in [0, 0.05) is 6.42 Å². The largest absolute Gasteiger partial charge is 0.394 e. The van der Waals surface area contributed by atoms with Gasteiger partial charge in [0.2, 0.25) is 0 Å². The Hall–Kier alpha value is -0.980. The molecule has 5 nitrogen and oxygen atoms in total. The van der Waals surface area contributed by atoms with Gasteiger partial charge in [-0.25, -0.2) is 0 Å². The summed E-state index contributed by atoms with van der Waals surface area (Å²) in [6.07, 6.45) is 0.0938. The van der Waals surface area contributed by atoms with Crippen molar-refractivity contribution < 1.29 is 24.4 Å². The van der Waals surface area contributed by atoms with E-state index in [1.165, 1.54) is 22.3 Å². The second kappa shape index (κ2) is 11.5. The van der Waals surface area contributed by atoms with E-state index in [1.807, 2.05) is 0 Å². The number of hydrogen-bond acceptors (Lipinski definition) is 5. The molecule has 1 unspecified atom stereocenters. The van der Waals surface area contributed by atoms with Crippen LogP contribution in [0.5, 0.6) is 0 Å². The zero-order valence-corrected chi connectivity index (χ0v) is 14.5. The average Bonchev–Trinajstić information content (AvgIpc) is 2.49. The van der Waals surface area contributed by atoms with Crippen LogP contribution >= 0.6 is 0 Å². The molecule has 0 aromatic heterocycles. The Morgan fingerprint density at radius 1 is 0.870 bits per heavy atom. The zero-order valence-electron chi connectivity index (χ0n) is 14.5. The van der Waals surface area contributed by atoms with E-state index in [2.05, 4.69) is 32.9 Å². The van der Waals surface area contributed by atoms with E-state index >= 15 is 0 Å². The van der Waals surface area contributed by atoms with Crippen molar-refractivity contribution in [1.82, 2.24) is 0 Å². The molecular weight excluding hydrogens is 296 g/mol. The molecule has 2 N–H and O–H groups in total. The molecule has 0 saturated carbocycles. The summed E-state index contributed by atoms with van der Waals surface area (Å²) in [5.41, 5.74) is 4.87. The van der Waals surface area contributed by atoms with Gasteiger partial charge >= 0.3 is 0 Å². The van der Waals surface area contributed by atoms with E-state index in [1.54, 1.807) is 0 Å². The molecule has 0 saturated heterocycles. The van der Waals surface area contributed by atoms with Gasteiger partial charge in [-0.1, -0.05) is 17.7 Å². The lowest BCUT2D eigenvalue weighted by atomic mass is 9.95. The molecule has 132 valence electrons. The van der Waals surface area contributed by atoms with Crippen molar-refractivity contribution in [3.8, 4) is 0 Å². The highest BCUT2D eigenvalue weighted by molar-refractivity contribution is 5.37. The fraction of sp³-hybridized carbons (Fsp3) is 0.667. The fourth-order valence-corrected chi connectivity index (χ4v) is 2.55. The van der Waals surface area contributed by atoms with Gasteiger partial charge in [-0.15, -0.1) is 0 Å². The Bertz CT molecular complexity index is 424. The first-order valence-corrected chi connectivity index (χ1v) is 8.13. The number of hydrogen-bond donors (Lipinski definition) is 2. The summed E-state index contributed by atoms with van der Waals surface area (Å²) in [7, 11) is 0. The maximum Gasteiger partial charge on any atom is 0.0814 e. The van der Waals surface area contributed by atoms with Crippen molar-refractivity contribution in [3.63, 3.8) is 0 Å². The van der Waals surface area contributed by atoms with E-state index in [-0.39, 0.29) is 6.61 Å². The molecule has 23 heavy (non-hydrogen) atoms. The van der Waals surface area contributed by atoms with Gasteiger partial charge in [0.1, 0.15) is 0 Å². The van der Waals surface area contributed by atoms with Crippen LogP contribution in [0, 0.1) is 20.8 Å². The van der Waals surface area contributed by atoms with E-state index in [0.29, 0.717) is 46.1 Å². The molecule has 0 aliphatic rings. The first-order valence-electron chi connectivity index (χ1n) is 8.13. The van der Waals surface area contributed by atoms with Crippen LogP contribution in [0.25, 0.3) is 0 Å². The molecule has 0 heterocycles. The first kappa shape index (κ1) is 20.1. The van der Waals surface area contributed by atoms with Crippen LogP contribution < -0.4 is 0 Å². The zero-order chi connectivity index (χ0) is 17.1. The Labute approximate surface area is 139 Å². The first-order chi connectivity index (χ1) is 11.0. The molecule has 0 radical (unpaired) electrons. The van der Waals surface area contributed by atoms with E-state index in [0.717, 1.165) is 0 Å². The second-order valence-corrected chi connectivity index (χ2v) is 5.76. The Morgan fingerprint density at radius 3 is 1.96 bits per heavy atom. The van der Waals surface area contributed by atoms with Gasteiger partial charge in [-0.05, 0) is 37.5 Å². The summed E-state index contributed by atoms with van der Waals surface area (Å²) < 4.78 is 15.8. The Kier molecular flexibility index (Phi) is 10.1. The van der Waals surface area contributed by atoms with Crippen LogP contribution in [0.3, 0.4) is 0 Å². The van der Waals surface area contributed by atoms with Gasteiger partial charge in [-0.2, -0.15) is 0 Å². The molecule has 0 bridgehead atoms. The molecule has 1 rings (SSSR count). The minimum Gasteiger partial charge on any atom is -0.394 e. The van der Waals surface area contributed by atoms with Crippen LogP contribution in [0.1, 0.15) is 22.3 Å². The maximum absolute atomic E-state index is 10.1. The van der Waals surface area contributed by atoms with Crippen molar-refractivity contribution in [3.05, 3.63) is 34.4 Å². The third-order valence-corrected chi connectivity index (χ3v) is 3.57. The lowest BCUT2D eigenvalue weighted by molar-refractivity contribution is -0.0124. The minimum atomic E-state index is -0.511. The van der Waals surface area contributed by atoms with Crippen molar-refractivity contribution in [2.75, 3.05) is 46.2 Å². The van der Waals surface area contributed by atoms with E-state index in [4.69, 9.17) is 19.3 Å². The third-order valence-electron chi connectivity index (χ3n) is 3.57. The van der Waals surface area contributed by atoms with E-state index in [9.17, 15) is 5.11 Å². The number of aliphatic hydroxyl groups is 2. The van der Waals surface area contributed by atoms with Gasteiger partial charge in [0.25, 0.3) is 0 Å². The van der Waals surface area contributed by atoms with Gasteiger partial charge in [-0.3, -0.25) is 0 Å². The molecule has 1 atom stereocenters. The Balaban J connectivity index is 2.14. The van der Waals surface area contributed by atoms with Gasteiger partial charge < -0.3 is 24.4 Å². The predicted molar refractivity (Wildman–Crippen MR) is 89.9 cm³/mol. The monoisotopic (exact) mass is 326 g/mol. The average molecular weight is 326 g/mol. The quantitative estimate of drug-likeness (QED) is 0.571. The number of benzene rings is 1. The highest BCUT2D eigenvalue weighted by Gasteiger charge is 2.10. The third kappa shape index (κ3) is 8.44. The summed E-state index contributed by atoms with van der Waals surface area (Å²) in [6.45, 7) is 8.77. The molecule has 0 aliphatic carbocycles. The summed E-state index contributed by atoms with van der Waals surface area (Å²) in [5, 5.41) is 18.6.